The van der Waals surface area contributed by atoms with Crippen LogP contribution in [0.2, 0.25) is 0 Å². The first-order valence-corrected chi connectivity index (χ1v) is 11.0. The Balaban J connectivity index is 1.73. The molecule has 6 heteroatoms. The second-order valence-electron chi connectivity index (χ2n) is 8.20. The zero-order valence-corrected chi connectivity index (χ0v) is 17.6. The lowest BCUT2D eigenvalue weighted by Gasteiger charge is -2.30. The van der Waals surface area contributed by atoms with Gasteiger partial charge in [-0.3, -0.25) is 10.2 Å². The number of alkyl halides is 3. The number of aryl methyl sites for hydroxylation is 1. The minimum atomic E-state index is -4.48. The van der Waals surface area contributed by atoms with Gasteiger partial charge < -0.3 is 0 Å². The first-order valence-electron chi connectivity index (χ1n) is 11.0. The Bertz CT molecular complexity index is 850. The van der Waals surface area contributed by atoms with Gasteiger partial charge in [0.15, 0.2) is 6.04 Å². The molecule has 1 aliphatic rings. The van der Waals surface area contributed by atoms with Crippen LogP contribution in [0.5, 0.6) is 0 Å². The number of hydrogen-bond donors (Lipinski definition) is 1. The highest BCUT2D eigenvalue weighted by atomic mass is 19.4. The lowest BCUT2D eigenvalue weighted by Crippen LogP contribution is -2.43. The number of halogens is 3. The van der Waals surface area contributed by atoms with E-state index in [0.717, 1.165) is 28.8 Å². The first-order chi connectivity index (χ1) is 14.4. The van der Waals surface area contributed by atoms with Crippen LogP contribution in [0.3, 0.4) is 0 Å². The Morgan fingerprint density at radius 2 is 1.77 bits per heavy atom. The fourth-order valence-corrected chi connectivity index (χ4v) is 4.25. The van der Waals surface area contributed by atoms with Crippen molar-refractivity contribution in [2.45, 2.75) is 76.9 Å². The van der Waals surface area contributed by atoms with Crippen LogP contribution < -0.4 is 5.43 Å². The van der Waals surface area contributed by atoms with Crippen LogP contribution in [0.4, 0.5) is 13.2 Å². The minimum absolute atomic E-state index is 0.0513. The number of rotatable bonds is 10. The summed E-state index contributed by atoms with van der Waals surface area (Å²) in [5.74, 6) is -0.374. The number of benzene rings is 2. The quantitative estimate of drug-likeness (QED) is 0.447. The Morgan fingerprint density at radius 1 is 1.03 bits per heavy atom. The van der Waals surface area contributed by atoms with E-state index in [4.69, 9.17) is 0 Å². The summed E-state index contributed by atoms with van der Waals surface area (Å²) < 4.78 is 41.7. The molecule has 1 N–H and O–H groups in total. The average Bonchev–Trinajstić information content (AvgIpc) is 3.12. The fourth-order valence-electron chi connectivity index (χ4n) is 4.25. The van der Waals surface area contributed by atoms with Gasteiger partial charge in [0.1, 0.15) is 0 Å². The van der Waals surface area contributed by atoms with E-state index in [0.29, 0.717) is 5.39 Å². The van der Waals surface area contributed by atoms with Gasteiger partial charge in [0.2, 0.25) is 5.91 Å². The molecule has 1 saturated heterocycles. The van der Waals surface area contributed by atoms with Gasteiger partial charge in [0, 0.05) is 13.0 Å². The Labute approximate surface area is 176 Å². The molecule has 1 aliphatic heterocycles. The van der Waals surface area contributed by atoms with E-state index >= 15 is 0 Å². The van der Waals surface area contributed by atoms with Crippen LogP contribution in [0.25, 0.3) is 10.8 Å². The van der Waals surface area contributed by atoms with Crippen molar-refractivity contribution >= 4 is 16.7 Å². The molecule has 3 nitrogen and oxygen atoms in total. The maximum Gasteiger partial charge on any atom is 0.409 e. The molecule has 0 bridgehead atoms. The van der Waals surface area contributed by atoms with Crippen molar-refractivity contribution in [1.82, 2.24) is 10.4 Å². The molecule has 1 fully saturated rings. The third kappa shape index (κ3) is 5.75. The van der Waals surface area contributed by atoms with E-state index in [1.54, 1.807) is 12.1 Å². The third-order valence-electron chi connectivity index (χ3n) is 5.81. The maximum atomic E-state index is 13.9. The number of unbranched alkanes of at least 4 members (excludes halogenated alkanes) is 6. The molecule has 1 heterocycles. The standard InChI is InChI=1S/C24H31F3N2O/c1-2-3-4-5-6-7-8-10-18-13-14-20-19(17-18)11-9-12-21(20)23(24(25,26)27)29-16-15-22(30)28-29/h9,11-14,17,23H,2-8,10,15-16H2,1H3,(H,28,30)/t23-/m0/s1. The van der Waals surface area contributed by atoms with Crippen LogP contribution in [0.15, 0.2) is 36.4 Å². The summed E-state index contributed by atoms with van der Waals surface area (Å²) in [5, 5.41) is 2.42. The average molecular weight is 421 g/mol. The smallest absolute Gasteiger partial charge is 0.288 e. The molecule has 2 aromatic rings. The highest BCUT2D eigenvalue weighted by Gasteiger charge is 2.47. The SMILES string of the molecule is CCCCCCCCCc1ccc2c([C@H](N3CCC(=O)N3)C(F)(F)F)cccc2c1. The molecule has 0 radical (unpaired) electrons. The van der Waals surface area contributed by atoms with Crippen LogP contribution in [0, 0.1) is 0 Å². The van der Waals surface area contributed by atoms with Gasteiger partial charge in [-0.1, -0.05) is 81.8 Å². The minimum Gasteiger partial charge on any atom is -0.288 e. The Morgan fingerprint density at radius 3 is 2.43 bits per heavy atom. The number of hydrazine groups is 1. The summed E-state index contributed by atoms with van der Waals surface area (Å²) in [6, 6.07) is 8.96. The van der Waals surface area contributed by atoms with Crippen molar-refractivity contribution in [3.63, 3.8) is 0 Å². The number of carbonyl (C=O) groups is 1. The summed E-state index contributed by atoms with van der Waals surface area (Å²) in [5.41, 5.74) is 3.71. The van der Waals surface area contributed by atoms with E-state index in [1.165, 1.54) is 44.6 Å². The number of fused-ring (bicyclic) bond motifs is 1. The monoisotopic (exact) mass is 420 g/mol. The molecule has 164 valence electrons. The number of carbonyl (C=O) groups excluding carboxylic acids is 1. The molecule has 0 saturated carbocycles. The van der Waals surface area contributed by atoms with E-state index < -0.39 is 12.2 Å². The van der Waals surface area contributed by atoms with E-state index in [1.807, 2.05) is 18.2 Å². The zero-order chi connectivity index (χ0) is 21.6. The van der Waals surface area contributed by atoms with Crippen molar-refractivity contribution < 1.29 is 18.0 Å². The van der Waals surface area contributed by atoms with Gasteiger partial charge in [0.25, 0.3) is 0 Å². The molecule has 0 spiro atoms. The predicted molar refractivity (Wildman–Crippen MR) is 114 cm³/mol. The Kier molecular flexibility index (Phi) is 7.75. The molecule has 0 unspecified atom stereocenters. The van der Waals surface area contributed by atoms with Crippen molar-refractivity contribution in [1.29, 1.82) is 0 Å². The molecule has 1 atom stereocenters. The van der Waals surface area contributed by atoms with Gasteiger partial charge in [-0.2, -0.15) is 13.2 Å². The molecule has 1 amide bonds. The van der Waals surface area contributed by atoms with Gasteiger partial charge in [-0.15, -0.1) is 0 Å². The Hall–Kier alpha value is -2.08. The lowest BCUT2D eigenvalue weighted by molar-refractivity contribution is -0.190. The van der Waals surface area contributed by atoms with Crippen molar-refractivity contribution in [3.8, 4) is 0 Å². The first kappa shape index (κ1) is 22.6. The second kappa shape index (κ2) is 10.3. The molecule has 2 aromatic carbocycles. The zero-order valence-electron chi connectivity index (χ0n) is 17.6. The molecule has 3 rings (SSSR count). The summed E-state index contributed by atoms with van der Waals surface area (Å²) in [4.78, 5) is 11.5. The molecule has 30 heavy (non-hydrogen) atoms. The second-order valence-corrected chi connectivity index (χ2v) is 8.20. The summed E-state index contributed by atoms with van der Waals surface area (Å²) >= 11 is 0. The summed E-state index contributed by atoms with van der Waals surface area (Å²) in [6.45, 7) is 2.26. The topological polar surface area (TPSA) is 32.3 Å². The van der Waals surface area contributed by atoms with Gasteiger partial charge in [0.05, 0.1) is 0 Å². The fraction of sp³-hybridized carbons (Fsp3) is 0.542. The molecular weight excluding hydrogens is 389 g/mol. The largest absolute Gasteiger partial charge is 0.409 e. The number of hydrogen-bond acceptors (Lipinski definition) is 2. The van der Waals surface area contributed by atoms with Crippen LogP contribution in [-0.2, 0) is 11.2 Å². The predicted octanol–water partition coefficient (Wildman–Crippen LogP) is 6.47. The molecule has 0 aliphatic carbocycles. The van der Waals surface area contributed by atoms with Crippen molar-refractivity contribution in [2.75, 3.05) is 6.54 Å². The van der Waals surface area contributed by atoms with E-state index in [-0.39, 0.29) is 24.4 Å². The van der Waals surface area contributed by atoms with Gasteiger partial charge >= 0.3 is 6.18 Å². The summed E-state index contributed by atoms with van der Waals surface area (Å²) in [7, 11) is 0. The van der Waals surface area contributed by atoms with E-state index in [2.05, 4.69) is 12.3 Å². The summed E-state index contributed by atoms with van der Waals surface area (Å²) in [6.07, 6.45) is 5.20. The molecular formula is C24H31F3N2O. The van der Waals surface area contributed by atoms with Crippen molar-refractivity contribution in [2.24, 2.45) is 0 Å². The van der Waals surface area contributed by atoms with Crippen molar-refractivity contribution in [3.05, 3.63) is 47.5 Å². The van der Waals surface area contributed by atoms with Crippen LogP contribution in [0.1, 0.15) is 75.5 Å². The van der Waals surface area contributed by atoms with Gasteiger partial charge in [-0.25, -0.2) is 5.01 Å². The van der Waals surface area contributed by atoms with Gasteiger partial charge in [-0.05, 0) is 34.7 Å². The highest BCUT2D eigenvalue weighted by Crippen LogP contribution is 2.40. The highest BCUT2D eigenvalue weighted by molar-refractivity contribution is 5.87. The normalized spacial score (nSPS) is 16.2. The number of amides is 1. The van der Waals surface area contributed by atoms with Crippen LogP contribution in [-0.4, -0.2) is 23.6 Å². The third-order valence-corrected chi connectivity index (χ3v) is 5.81. The molecule has 0 aromatic heterocycles. The number of nitrogens with one attached hydrogen (secondary N) is 1. The van der Waals surface area contributed by atoms with E-state index in [9.17, 15) is 18.0 Å². The van der Waals surface area contributed by atoms with Crippen LogP contribution >= 0.6 is 0 Å². The lowest BCUT2D eigenvalue weighted by atomic mass is 9.95. The maximum absolute atomic E-state index is 13.9. The number of nitrogens with zero attached hydrogens (tertiary/aromatic N) is 1.